The summed E-state index contributed by atoms with van der Waals surface area (Å²) in [5.74, 6) is 0.351. The quantitative estimate of drug-likeness (QED) is 0.196. The molecule has 1 aromatic heterocycles. The number of nitrogens with zero attached hydrogens (tertiary/aromatic N) is 3. The molecular weight excluding hydrogens is 605 g/mol. The molecule has 0 N–H and O–H groups in total. The molecule has 5 rings (SSSR count). The number of halogens is 2. The highest BCUT2D eigenvalue weighted by Gasteiger charge is 2.32. The number of aromatic nitrogens is 2. The number of benzene rings is 3. The lowest BCUT2D eigenvalue weighted by Crippen LogP contribution is -2.27. The van der Waals surface area contributed by atoms with E-state index in [1.807, 2.05) is 67.6 Å². The van der Waals surface area contributed by atoms with Crippen LogP contribution in [0.15, 0.2) is 69.9 Å². The first-order valence-electron chi connectivity index (χ1n) is 11.0. The maximum Gasteiger partial charge on any atom is 0.266 e. The number of para-hydroxylation sites is 1. The zero-order valence-corrected chi connectivity index (χ0v) is 22.4. The van der Waals surface area contributed by atoms with Crippen LogP contribution in [0.5, 0.6) is 0 Å². The highest BCUT2D eigenvalue weighted by molar-refractivity contribution is 14.1. The zero-order valence-electron chi connectivity index (χ0n) is 18.7. The van der Waals surface area contributed by atoms with E-state index in [9.17, 15) is 9.59 Å². The summed E-state index contributed by atoms with van der Waals surface area (Å²) in [7, 11) is 0. The van der Waals surface area contributed by atoms with Crippen LogP contribution in [0.3, 0.4) is 0 Å². The number of carbonyl (C=O) groups is 1. The summed E-state index contributed by atoms with van der Waals surface area (Å²) in [6.07, 6.45) is 2.60. The van der Waals surface area contributed by atoms with Gasteiger partial charge in [0.1, 0.15) is 5.82 Å². The van der Waals surface area contributed by atoms with Crippen LogP contribution in [-0.4, -0.2) is 22.0 Å². The van der Waals surface area contributed by atoms with Crippen molar-refractivity contribution >= 4 is 72.7 Å². The van der Waals surface area contributed by atoms with E-state index in [2.05, 4.69) is 45.4 Å². The number of hydrogen-bond acceptors (Lipinski definition) is 3. The molecule has 0 aliphatic carbocycles. The highest BCUT2D eigenvalue weighted by atomic mass is 127. The van der Waals surface area contributed by atoms with Gasteiger partial charge in [-0.2, -0.15) is 0 Å². The minimum atomic E-state index is -0.157. The second-order valence-electron chi connectivity index (χ2n) is 8.23. The summed E-state index contributed by atoms with van der Waals surface area (Å²) in [5, 5.41) is 0.547. The fourth-order valence-electron chi connectivity index (χ4n) is 4.36. The Bertz CT molecular complexity index is 1560. The highest BCUT2D eigenvalue weighted by Crippen LogP contribution is 2.39. The smallest absolute Gasteiger partial charge is 0.266 e. The van der Waals surface area contributed by atoms with Gasteiger partial charge in [0.2, 0.25) is 0 Å². The lowest BCUT2D eigenvalue weighted by atomic mass is 10.1. The van der Waals surface area contributed by atoms with Gasteiger partial charge in [0.15, 0.2) is 0 Å². The molecular formula is C27H21BrIN3O2. The molecule has 0 fully saturated rings. The summed E-state index contributed by atoms with van der Waals surface area (Å²) in [6.45, 7) is 4.64. The predicted octanol–water partition coefficient (Wildman–Crippen LogP) is 6.36. The molecule has 1 amide bonds. The van der Waals surface area contributed by atoms with E-state index in [-0.39, 0.29) is 11.5 Å². The number of carbonyl (C=O) groups excluding carboxylic acids is 1. The molecule has 0 radical (unpaired) electrons. The van der Waals surface area contributed by atoms with Crippen LogP contribution in [0, 0.1) is 10.5 Å². The van der Waals surface area contributed by atoms with Gasteiger partial charge in [-0.05, 0) is 90.0 Å². The average molecular weight is 626 g/mol. The number of hydrogen-bond donors (Lipinski definition) is 0. The van der Waals surface area contributed by atoms with Crippen molar-refractivity contribution in [2.75, 3.05) is 11.4 Å². The van der Waals surface area contributed by atoms with Crippen LogP contribution < -0.4 is 10.5 Å². The molecule has 0 bridgehead atoms. The van der Waals surface area contributed by atoms with Crippen molar-refractivity contribution in [3.63, 3.8) is 0 Å². The van der Waals surface area contributed by atoms with E-state index in [0.29, 0.717) is 28.8 Å². The normalized spacial score (nSPS) is 14.3. The van der Waals surface area contributed by atoms with Gasteiger partial charge in [-0.15, -0.1) is 0 Å². The van der Waals surface area contributed by atoms with Crippen molar-refractivity contribution < 1.29 is 4.79 Å². The van der Waals surface area contributed by atoms with Gasteiger partial charge < -0.3 is 4.90 Å². The first-order valence-corrected chi connectivity index (χ1v) is 12.9. The molecule has 7 heteroatoms. The van der Waals surface area contributed by atoms with Crippen molar-refractivity contribution in [2.24, 2.45) is 0 Å². The van der Waals surface area contributed by atoms with Crippen molar-refractivity contribution in [1.29, 1.82) is 0 Å². The fraction of sp³-hybridized carbons (Fsp3) is 0.148. The summed E-state index contributed by atoms with van der Waals surface area (Å²) in [4.78, 5) is 33.9. The van der Waals surface area contributed by atoms with Crippen LogP contribution in [0.25, 0.3) is 28.2 Å². The number of fused-ring (bicyclic) bond motifs is 2. The second kappa shape index (κ2) is 9.11. The Morgan fingerprint density at radius 2 is 1.82 bits per heavy atom. The average Bonchev–Trinajstić information content (AvgIpc) is 3.06. The number of aryl methyl sites for hydroxylation is 1. The molecule has 0 unspecified atom stereocenters. The Kier molecular flexibility index (Phi) is 6.16. The Balaban J connectivity index is 1.83. The van der Waals surface area contributed by atoms with Gasteiger partial charge in [0.05, 0.1) is 27.9 Å². The molecule has 0 spiro atoms. The summed E-state index contributed by atoms with van der Waals surface area (Å²) >= 11 is 5.74. The minimum Gasteiger partial charge on any atom is -0.308 e. The molecule has 0 saturated carbocycles. The molecule has 170 valence electrons. The van der Waals surface area contributed by atoms with Crippen molar-refractivity contribution in [3.8, 4) is 5.69 Å². The zero-order chi connectivity index (χ0) is 24.0. The van der Waals surface area contributed by atoms with Gasteiger partial charge in [-0.1, -0.05) is 41.1 Å². The SMILES string of the molecule is CCCN1C(=O)C(=Cc2nc3ccc(I)cc3c(=O)n2-c2ccccc2C)c2cc(Br)ccc21. The molecule has 0 saturated heterocycles. The van der Waals surface area contributed by atoms with Gasteiger partial charge >= 0.3 is 0 Å². The molecule has 4 aromatic rings. The molecule has 5 nitrogen and oxygen atoms in total. The van der Waals surface area contributed by atoms with E-state index in [1.165, 1.54) is 0 Å². The van der Waals surface area contributed by atoms with E-state index in [4.69, 9.17) is 4.98 Å². The first-order chi connectivity index (χ1) is 16.4. The summed E-state index contributed by atoms with van der Waals surface area (Å²) < 4.78 is 3.47. The number of anilines is 1. The molecule has 2 heterocycles. The molecule has 34 heavy (non-hydrogen) atoms. The van der Waals surface area contributed by atoms with E-state index in [0.717, 1.165) is 37.0 Å². The summed E-state index contributed by atoms with van der Waals surface area (Å²) in [5.41, 5.74) is 4.39. The number of amides is 1. The maximum absolute atomic E-state index is 13.8. The maximum atomic E-state index is 13.8. The lowest BCUT2D eigenvalue weighted by Gasteiger charge is -2.16. The Labute approximate surface area is 219 Å². The third kappa shape index (κ3) is 3.90. The Hall–Kier alpha value is -2.78. The minimum absolute atomic E-state index is 0.0803. The third-order valence-electron chi connectivity index (χ3n) is 5.95. The largest absolute Gasteiger partial charge is 0.308 e. The fourth-order valence-corrected chi connectivity index (χ4v) is 5.21. The van der Waals surface area contributed by atoms with E-state index in [1.54, 1.807) is 15.5 Å². The van der Waals surface area contributed by atoms with E-state index >= 15 is 0 Å². The van der Waals surface area contributed by atoms with Gasteiger partial charge in [0, 0.05) is 20.2 Å². The van der Waals surface area contributed by atoms with Crippen molar-refractivity contribution in [3.05, 3.63) is 96.0 Å². The van der Waals surface area contributed by atoms with Gasteiger partial charge in [0.25, 0.3) is 11.5 Å². The monoisotopic (exact) mass is 625 g/mol. The van der Waals surface area contributed by atoms with Gasteiger partial charge in [-0.25, -0.2) is 4.98 Å². The number of rotatable bonds is 4. The van der Waals surface area contributed by atoms with Crippen LogP contribution in [0.4, 0.5) is 5.69 Å². The van der Waals surface area contributed by atoms with E-state index < -0.39 is 0 Å². The topological polar surface area (TPSA) is 55.2 Å². The Morgan fingerprint density at radius 1 is 1.03 bits per heavy atom. The Morgan fingerprint density at radius 3 is 2.59 bits per heavy atom. The summed E-state index contributed by atoms with van der Waals surface area (Å²) in [6, 6.07) is 19.2. The predicted molar refractivity (Wildman–Crippen MR) is 149 cm³/mol. The second-order valence-corrected chi connectivity index (χ2v) is 10.4. The van der Waals surface area contributed by atoms with Crippen LogP contribution >= 0.6 is 38.5 Å². The third-order valence-corrected chi connectivity index (χ3v) is 7.11. The van der Waals surface area contributed by atoms with Crippen molar-refractivity contribution in [2.45, 2.75) is 20.3 Å². The van der Waals surface area contributed by atoms with Gasteiger partial charge in [-0.3, -0.25) is 14.2 Å². The first kappa shape index (κ1) is 23.0. The molecule has 3 aromatic carbocycles. The lowest BCUT2D eigenvalue weighted by molar-refractivity contribution is -0.113. The van der Waals surface area contributed by atoms with Crippen LogP contribution in [-0.2, 0) is 4.79 Å². The van der Waals surface area contributed by atoms with Crippen LogP contribution in [0.2, 0.25) is 0 Å². The molecule has 1 aliphatic rings. The molecule has 0 atom stereocenters. The van der Waals surface area contributed by atoms with Crippen LogP contribution in [0.1, 0.15) is 30.3 Å². The molecule has 1 aliphatic heterocycles. The van der Waals surface area contributed by atoms with Crippen molar-refractivity contribution in [1.82, 2.24) is 9.55 Å². The standard InChI is InChI=1S/C27H21BrIN3O2/c1-3-12-31-24-11-8-17(28)13-19(24)20(26(31)33)15-25-30-22-10-9-18(29)14-21(22)27(34)32(25)23-7-5-4-6-16(23)2/h4-11,13-15H,3,12H2,1-2H3.